The summed E-state index contributed by atoms with van der Waals surface area (Å²) < 4.78 is 4.71. The number of hydrogen-bond acceptors (Lipinski definition) is 4. The van der Waals surface area contributed by atoms with Crippen molar-refractivity contribution in [2.45, 2.75) is 14.7 Å². The molecule has 95 valence electrons. The number of carbonyl (C=O) groups is 1. The second-order valence-electron chi connectivity index (χ2n) is 3.59. The molecule has 0 aromatic heterocycles. The van der Waals surface area contributed by atoms with E-state index in [1.54, 1.807) is 30.0 Å². The maximum Gasteiger partial charge on any atom is 0.337 e. The summed E-state index contributed by atoms with van der Waals surface area (Å²) in [6.45, 7) is 0. The average molecular weight is 345 g/mol. The molecule has 0 unspecified atom stereocenters. The van der Waals surface area contributed by atoms with Crippen LogP contribution in [0.3, 0.4) is 0 Å². The summed E-state index contributed by atoms with van der Waals surface area (Å²) in [5.41, 5.74) is 0.536. The minimum Gasteiger partial charge on any atom is -0.465 e. The molecule has 0 atom stereocenters. The summed E-state index contributed by atoms with van der Waals surface area (Å²) >= 11 is 5.97. The summed E-state index contributed by atoms with van der Waals surface area (Å²) in [5, 5.41) is 0. The fourth-order valence-electron chi connectivity index (χ4n) is 1.46. The van der Waals surface area contributed by atoms with Crippen LogP contribution in [0.4, 0.5) is 0 Å². The maximum atomic E-state index is 11.5. The molecule has 21 heavy (non-hydrogen) atoms. The van der Waals surface area contributed by atoms with Gasteiger partial charge in [-0.2, -0.15) is 0 Å². The van der Waals surface area contributed by atoms with Crippen LogP contribution in [0.25, 0.3) is 0 Å². The largest absolute Gasteiger partial charge is 0.465 e. The molecule has 0 amide bonds. The van der Waals surface area contributed by atoms with Gasteiger partial charge in [0.25, 0.3) is 0 Å². The maximum absolute atomic E-state index is 11.5. The number of hydrogen-bond donors (Lipinski definition) is 1. The minimum absolute atomic E-state index is 0. The van der Waals surface area contributed by atoms with Crippen molar-refractivity contribution in [3.05, 3.63) is 54.1 Å². The van der Waals surface area contributed by atoms with Gasteiger partial charge < -0.3 is 4.74 Å². The molecule has 2 nitrogen and oxygen atoms in total. The Morgan fingerprint density at radius 1 is 1.05 bits per heavy atom. The third-order valence-corrected chi connectivity index (χ3v) is 3.96. The van der Waals surface area contributed by atoms with Crippen LogP contribution in [0.15, 0.2) is 63.2 Å². The first kappa shape index (κ1) is 24.9. The molecule has 0 saturated heterocycles. The van der Waals surface area contributed by atoms with E-state index < -0.39 is 0 Å². The van der Waals surface area contributed by atoms with E-state index in [4.69, 9.17) is 4.74 Å². The molecule has 2 rings (SSSR count). The number of ether oxygens (including phenoxy) is 1. The van der Waals surface area contributed by atoms with Crippen LogP contribution in [0, 0.1) is 0 Å². The van der Waals surface area contributed by atoms with Crippen molar-refractivity contribution in [1.82, 2.24) is 0 Å². The van der Waals surface area contributed by atoms with Gasteiger partial charge in [0, 0.05) is 103 Å². The number of thiol groups is 1. The Balaban J connectivity index is 0. The molecule has 0 aliphatic rings. The number of benzene rings is 2. The van der Waals surface area contributed by atoms with E-state index in [9.17, 15) is 4.79 Å². The van der Waals surface area contributed by atoms with Crippen molar-refractivity contribution in [3.8, 4) is 0 Å². The van der Waals surface area contributed by atoms with Crippen LogP contribution < -0.4 is 0 Å². The summed E-state index contributed by atoms with van der Waals surface area (Å²) in [5.74, 6) is -0.335. The van der Waals surface area contributed by atoms with E-state index in [1.807, 2.05) is 30.3 Å². The fraction of sp³-hybridized carbons (Fsp3) is 0.0714. The molecular weight excluding hydrogens is 333 g/mol. The Bertz CT molecular complexity index is 565. The smallest absolute Gasteiger partial charge is 0.337 e. The molecule has 0 bridgehead atoms. The Labute approximate surface area is 201 Å². The minimum atomic E-state index is -0.335. The fourth-order valence-corrected chi connectivity index (χ4v) is 2.64. The van der Waals surface area contributed by atoms with Crippen molar-refractivity contribution >= 4 is 119 Å². The summed E-state index contributed by atoms with van der Waals surface area (Å²) in [6, 6.07) is 15.3. The third-order valence-electron chi connectivity index (χ3n) is 2.35. The van der Waals surface area contributed by atoms with Crippen molar-refractivity contribution in [3.63, 3.8) is 0 Å². The quantitative estimate of drug-likeness (QED) is 0.526. The van der Waals surface area contributed by atoms with Gasteiger partial charge in [0.2, 0.25) is 0 Å². The predicted octanol–water partition coefficient (Wildman–Crippen LogP) is 2.77. The van der Waals surface area contributed by atoms with E-state index in [0.29, 0.717) is 5.56 Å². The van der Waals surface area contributed by atoms with Gasteiger partial charge in [-0.25, -0.2) is 4.79 Å². The average Bonchev–Trinajstić information content (AvgIpc) is 2.41. The topological polar surface area (TPSA) is 26.3 Å². The number of methoxy groups -OCH3 is 1. The van der Waals surface area contributed by atoms with Crippen LogP contribution >= 0.6 is 24.4 Å². The summed E-state index contributed by atoms with van der Waals surface area (Å²) in [6.07, 6.45) is 0. The standard InChI is InChI=1S/C14H12O2S2.3Na/c1-16-14(15)10-7-8-12(17)13(9-10)18-11-5-3-2-4-6-11;;;/h2-9,17H,1H3;;;. The Morgan fingerprint density at radius 3 is 2.24 bits per heavy atom. The molecule has 2 aromatic carbocycles. The van der Waals surface area contributed by atoms with E-state index in [-0.39, 0.29) is 94.6 Å². The molecule has 0 N–H and O–H groups in total. The van der Waals surface area contributed by atoms with Crippen molar-refractivity contribution in [2.24, 2.45) is 0 Å². The zero-order chi connectivity index (χ0) is 13.0. The molecule has 0 spiro atoms. The first-order valence-corrected chi connectivity index (χ1v) is 6.61. The van der Waals surface area contributed by atoms with Crippen LogP contribution in [0.5, 0.6) is 0 Å². The van der Waals surface area contributed by atoms with Gasteiger partial charge in [-0.05, 0) is 30.3 Å². The molecule has 2 aromatic rings. The molecular formula is C14H12Na3O2S2. The van der Waals surface area contributed by atoms with Crippen LogP contribution in [0.2, 0.25) is 0 Å². The van der Waals surface area contributed by atoms with Gasteiger partial charge in [0.1, 0.15) is 0 Å². The first-order chi connectivity index (χ1) is 8.70. The Morgan fingerprint density at radius 2 is 1.67 bits per heavy atom. The summed E-state index contributed by atoms with van der Waals surface area (Å²) in [7, 11) is 1.38. The predicted molar refractivity (Wildman–Crippen MR) is 92.9 cm³/mol. The zero-order valence-corrected chi connectivity index (χ0v) is 20.5. The molecule has 0 fully saturated rings. The normalized spacial score (nSPS) is 8.67. The molecule has 0 heterocycles. The summed E-state index contributed by atoms with van der Waals surface area (Å²) in [4.78, 5) is 14.4. The van der Waals surface area contributed by atoms with E-state index in [2.05, 4.69) is 12.6 Å². The second-order valence-corrected chi connectivity index (χ2v) is 5.19. The van der Waals surface area contributed by atoms with Crippen molar-refractivity contribution < 1.29 is 9.53 Å². The van der Waals surface area contributed by atoms with Crippen LogP contribution in [-0.4, -0.2) is 102 Å². The van der Waals surface area contributed by atoms with Gasteiger partial charge >= 0.3 is 5.97 Å². The molecule has 7 heteroatoms. The van der Waals surface area contributed by atoms with Gasteiger partial charge in [0.05, 0.1) is 12.7 Å². The van der Waals surface area contributed by atoms with Crippen molar-refractivity contribution in [2.75, 3.05) is 7.11 Å². The molecule has 0 saturated carbocycles. The monoisotopic (exact) mass is 345 g/mol. The zero-order valence-electron chi connectivity index (χ0n) is 12.8. The van der Waals surface area contributed by atoms with Gasteiger partial charge in [-0.15, -0.1) is 12.6 Å². The number of rotatable bonds is 3. The van der Waals surface area contributed by atoms with Gasteiger partial charge in [-0.3, -0.25) is 0 Å². The number of carbonyl (C=O) groups excluding carboxylic acids is 1. The second kappa shape index (κ2) is 13.0. The van der Waals surface area contributed by atoms with E-state index in [0.717, 1.165) is 14.7 Å². The molecule has 0 aliphatic heterocycles. The first-order valence-electron chi connectivity index (χ1n) is 5.35. The number of esters is 1. The third kappa shape index (κ3) is 7.81. The molecule has 0 aliphatic carbocycles. The van der Waals surface area contributed by atoms with Crippen LogP contribution in [0.1, 0.15) is 10.4 Å². The van der Waals surface area contributed by atoms with Crippen LogP contribution in [-0.2, 0) is 4.74 Å². The van der Waals surface area contributed by atoms with E-state index >= 15 is 0 Å². The van der Waals surface area contributed by atoms with Gasteiger partial charge in [-0.1, -0.05) is 30.0 Å². The van der Waals surface area contributed by atoms with Crippen molar-refractivity contribution in [1.29, 1.82) is 0 Å². The Hall–Kier alpha value is 1.61. The molecule has 3 radical (unpaired) electrons. The SMILES string of the molecule is COC(=O)c1ccc(S)c(Sc2ccccc2)c1.[Na].[Na].[Na]. The Kier molecular flexibility index (Phi) is 15.3. The van der Waals surface area contributed by atoms with Gasteiger partial charge in [0.15, 0.2) is 0 Å². The van der Waals surface area contributed by atoms with E-state index in [1.165, 1.54) is 7.11 Å².